The highest BCUT2D eigenvalue weighted by molar-refractivity contribution is 5.95. The van der Waals surface area contributed by atoms with Gasteiger partial charge in [-0.25, -0.2) is 10.3 Å². The van der Waals surface area contributed by atoms with Crippen LogP contribution in [0.25, 0.3) is 10.9 Å². The van der Waals surface area contributed by atoms with Crippen molar-refractivity contribution < 1.29 is 42.6 Å². The molecule has 2 aromatic carbocycles. The number of aromatic nitrogens is 1. The number of nitrogens with zero attached hydrogens (tertiary/aromatic N) is 1. The summed E-state index contributed by atoms with van der Waals surface area (Å²) in [4.78, 5) is 38.5. The lowest BCUT2D eigenvalue weighted by Crippen LogP contribution is -2.54. The Labute approximate surface area is 239 Å². The zero-order valence-corrected chi connectivity index (χ0v) is 22.8. The molecule has 42 heavy (non-hydrogen) atoms. The van der Waals surface area contributed by atoms with E-state index >= 15 is 0 Å². The van der Waals surface area contributed by atoms with Gasteiger partial charge in [-0.15, -0.1) is 0 Å². The van der Waals surface area contributed by atoms with Crippen LogP contribution < -0.4 is 20.9 Å². The number of hydrogen-bond acceptors (Lipinski definition) is 7. The zero-order valence-electron chi connectivity index (χ0n) is 22.8. The van der Waals surface area contributed by atoms with Crippen molar-refractivity contribution in [3.05, 3.63) is 71.4 Å². The number of carbonyl (C=O) groups is 3. The quantitative estimate of drug-likeness (QED) is 0.157. The highest BCUT2D eigenvalue weighted by Crippen LogP contribution is 2.41. The maximum absolute atomic E-state index is 13.1. The minimum absolute atomic E-state index is 0.0474. The molecule has 1 saturated carbocycles. The van der Waals surface area contributed by atoms with Gasteiger partial charge in [0.05, 0.1) is 11.9 Å². The van der Waals surface area contributed by atoms with Crippen LogP contribution in [0.2, 0.25) is 0 Å². The van der Waals surface area contributed by atoms with Crippen LogP contribution in [0.5, 0.6) is 5.75 Å². The monoisotopic (exact) mass is 588 g/mol. The molecule has 10 nitrogen and oxygen atoms in total. The predicted octanol–water partition coefficient (Wildman–Crippen LogP) is 4.04. The maximum Gasteiger partial charge on any atom is 0.490 e. The van der Waals surface area contributed by atoms with Crippen molar-refractivity contribution in [2.45, 2.75) is 62.9 Å². The molecule has 1 aliphatic heterocycles. The number of carboxylic acids is 1. The van der Waals surface area contributed by atoms with Gasteiger partial charge in [-0.2, -0.15) is 13.2 Å². The Morgan fingerprint density at radius 3 is 2.24 bits per heavy atom. The molecule has 5 rings (SSSR count). The van der Waals surface area contributed by atoms with Gasteiger partial charge in [-0.3, -0.25) is 19.8 Å². The Morgan fingerprint density at radius 1 is 1.05 bits per heavy atom. The number of rotatable bonds is 7. The smallest absolute Gasteiger partial charge is 0.489 e. The van der Waals surface area contributed by atoms with Gasteiger partial charge in [-0.1, -0.05) is 18.2 Å². The number of aryl methyl sites for hydroxylation is 1. The van der Waals surface area contributed by atoms with Crippen molar-refractivity contribution in [1.29, 1.82) is 0 Å². The third kappa shape index (κ3) is 7.74. The standard InChI is InChI=1S/C27H30N4O4.C2HF3O2/c1-18-14-20(22-4-2-3-5-23(22)29-18)16-35-21-8-6-19(7-9-21)25(33)30-26(15-24(32)31-34)10-12-27(13-11-26)17-28-27;3-2(4,5)1(6)7/h2-9,14,28,34H,10-13,15-17H2,1H3,(H,30,33)(H,31,32);(H,6,7)/t26-,27+;. The van der Waals surface area contributed by atoms with E-state index in [2.05, 4.69) is 15.6 Å². The minimum atomic E-state index is -5.08. The number of carbonyl (C=O) groups excluding carboxylic acids is 2. The fourth-order valence-electron chi connectivity index (χ4n) is 5.07. The third-order valence-electron chi connectivity index (χ3n) is 7.53. The van der Waals surface area contributed by atoms with E-state index in [4.69, 9.17) is 19.8 Å². The first-order valence-corrected chi connectivity index (χ1v) is 13.2. The van der Waals surface area contributed by atoms with Gasteiger partial charge in [0, 0.05) is 39.8 Å². The van der Waals surface area contributed by atoms with Crippen molar-refractivity contribution in [1.82, 2.24) is 21.1 Å². The molecule has 1 aromatic heterocycles. The summed E-state index contributed by atoms with van der Waals surface area (Å²) in [6.07, 6.45) is -1.89. The summed E-state index contributed by atoms with van der Waals surface area (Å²) in [5, 5.41) is 23.7. The number of hydroxylamine groups is 1. The predicted molar refractivity (Wildman–Crippen MR) is 145 cm³/mol. The van der Waals surface area contributed by atoms with E-state index in [0.29, 0.717) is 30.8 Å². The first kappa shape index (κ1) is 30.7. The SMILES string of the molecule is Cc1cc(COc2ccc(C(=O)N[C@]3(CC(=O)NO)CC[C@]4(CC3)CN4)cc2)c2ccccc2n1.O=C(O)C(F)(F)F. The Morgan fingerprint density at radius 2 is 1.67 bits per heavy atom. The molecule has 2 amide bonds. The Kier molecular flexibility index (Phi) is 9.02. The number of ether oxygens (including phenoxy) is 1. The molecule has 0 radical (unpaired) electrons. The summed E-state index contributed by atoms with van der Waals surface area (Å²) in [5.41, 5.74) is 4.63. The lowest BCUT2D eigenvalue weighted by Gasteiger charge is -2.40. The number of aliphatic carboxylic acids is 1. The summed E-state index contributed by atoms with van der Waals surface area (Å²) in [5.74, 6) is -2.83. The molecule has 5 N–H and O–H groups in total. The lowest BCUT2D eigenvalue weighted by atomic mass is 9.74. The topological polar surface area (TPSA) is 160 Å². The molecule has 0 unspecified atom stereocenters. The summed E-state index contributed by atoms with van der Waals surface area (Å²) in [6.45, 7) is 3.34. The first-order valence-electron chi connectivity index (χ1n) is 13.2. The van der Waals surface area contributed by atoms with Gasteiger partial charge in [0.15, 0.2) is 0 Å². The van der Waals surface area contributed by atoms with Crippen molar-refractivity contribution in [2.75, 3.05) is 6.54 Å². The number of amides is 2. The molecule has 0 bridgehead atoms. The van der Waals surface area contributed by atoms with E-state index in [-0.39, 0.29) is 17.9 Å². The van der Waals surface area contributed by atoms with E-state index < -0.39 is 23.6 Å². The van der Waals surface area contributed by atoms with Gasteiger partial charge in [0.1, 0.15) is 12.4 Å². The van der Waals surface area contributed by atoms with Crippen LogP contribution in [-0.2, 0) is 16.2 Å². The number of carboxylic acid groups (broad SMARTS) is 1. The van der Waals surface area contributed by atoms with Crippen LogP contribution in [0.1, 0.15) is 53.7 Å². The second-order valence-electron chi connectivity index (χ2n) is 10.6. The first-order chi connectivity index (χ1) is 19.8. The van der Waals surface area contributed by atoms with Gasteiger partial charge in [0.2, 0.25) is 5.91 Å². The molecule has 2 aliphatic rings. The third-order valence-corrected chi connectivity index (χ3v) is 7.53. The number of pyridine rings is 1. The molecule has 224 valence electrons. The number of nitrogens with one attached hydrogen (secondary N) is 3. The molecule has 2 heterocycles. The van der Waals surface area contributed by atoms with E-state index in [1.807, 2.05) is 37.3 Å². The number of fused-ring (bicyclic) bond motifs is 1. The Hall–Kier alpha value is -4.23. The second-order valence-corrected chi connectivity index (χ2v) is 10.6. The second kappa shape index (κ2) is 12.3. The summed E-state index contributed by atoms with van der Waals surface area (Å²) in [7, 11) is 0. The molecule has 1 saturated heterocycles. The lowest BCUT2D eigenvalue weighted by molar-refractivity contribution is -0.192. The summed E-state index contributed by atoms with van der Waals surface area (Å²) >= 11 is 0. The highest BCUT2D eigenvalue weighted by Gasteiger charge is 2.50. The molecular weight excluding hydrogens is 557 g/mol. The molecule has 1 aliphatic carbocycles. The summed E-state index contributed by atoms with van der Waals surface area (Å²) < 4.78 is 37.7. The van der Waals surface area contributed by atoms with Crippen LogP contribution in [0.3, 0.4) is 0 Å². The molecule has 13 heteroatoms. The van der Waals surface area contributed by atoms with Crippen molar-refractivity contribution >= 4 is 28.7 Å². The molecule has 3 aromatic rings. The number of hydrogen-bond donors (Lipinski definition) is 5. The van der Waals surface area contributed by atoms with Crippen molar-refractivity contribution in [3.8, 4) is 5.75 Å². The van der Waals surface area contributed by atoms with Crippen molar-refractivity contribution in [3.63, 3.8) is 0 Å². The number of benzene rings is 2. The molecule has 1 spiro atoms. The van der Waals surface area contributed by atoms with Crippen LogP contribution in [0.4, 0.5) is 13.2 Å². The molecular formula is C29H31F3N4O6. The van der Waals surface area contributed by atoms with Crippen LogP contribution in [0.15, 0.2) is 54.6 Å². The maximum atomic E-state index is 13.1. The van der Waals surface area contributed by atoms with Crippen LogP contribution in [-0.4, -0.2) is 56.9 Å². The van der Waals surface area contributed by atoms with Gasteiger partial charge in [-0.05, 0) is 69.0 Å². The Bertz CT molecular complexity index is 1450. The van der Waals surface area contributed by atoms with Gasteiger partial charge in [0.25, 0.3) is 5.91 Å². The normalized spacial score (nSPS) is 21.2. The van der Waals surface area contributed by atoms with Gasteiger partial charge < -0.3 is 20.5 Å². The van der Waals surface area contributed by atoms with Crippen LogP contribution >= 0.6 is 0 Å². The average Bonchev–Trinajstić information content (AvgIpc) is 3.72. The number of para-hydroxylation sites is 1. The molecule has 0 atom stereocenters. The van der Waals surface area contributed by atoms with E-state index in [0.717, 1.165) is 41.5 Å². The number of alkyl halides is 3. The summed E-state index contributed by atoms with van der Waals surface area (Å²) in [6, 6.07) is 17.0. The van der Waals surface area contributed by atoms with Crippen LogP contribution in [0, 0.1) is 6.92 Å². The fourth-order valence-corrected chi connectivity index (χ4v) is 5.07. The van der Waals surface area contributed by atoms with Gasteiger partial charge >= 0.3 is 12.1 Å². The fraction of sp³-hybridized carbons (Fsp3) is 0.379. The largest absolute Gasteiger partial charge is 0.490 e. The number of halogens is 3. The van der Waals surface area contributed by atoms with E-state index in [9.17, 15) is 22.8 Å². The average molecular weight is 589 g/mol. The van der Waals surface area contributed by atoms with Crippen molar-refractivity contribution in [2.24, 2.45) is 0 Å². The van der Waals surface area contributed by atoms with E-state index in [1.54, 1.807) is 29.7 Å². The zero-order chi connectivity index (χ0) is 30.5. The Balaban J connectivity index is 0.000000517. The highest BCUT2D eigenvalue weighted by atomic mass is 19.4. The molecule has 2 fully saturated rings. The minimum Gasteiger partial charge on any atom is -0.489 e. The van der Waals surface area contributed by atoms with E-state index in [1.165, 1.54) is 0 Å².